The van der Waals surface area contributed by atoms with Crippen molar-refractivity contribution in [3.8, 4) is 11.1 Å². The summed E-state index contributed by atoms with van der Waals surface area (Å²) in [6.07, 6.45) is 2.62. The van der Waals surface area contributed by atoms with Crippen molar-refractivity contribution in [2.45, 2.75) is 37.8 Å². The molecule has 2 bridgehead atoms. The number of piperidine rings is 1. The second-order valence-corrected chi connectivity index (χ2v) is 10.9. The first-order chi connectivity index (χ1) is 13.5. The molecule has 5 nitrogen and oxygen atoms in total. The third-order valence-electron chi connectivity index (χ3n) is 6.73. The predicted molar refractivity (Wildman–Crippen MR) is 110 cm³/mol. The summed E-state index contributed by atoms with van der Waals surface area (Å²) >= 11 is 0. The minimum absolute atomic E-state index is 0.100. The molecular formula is C22H26N2O3S. The van der Waals surface area contributed by atoms with Crippen molar-refractivity contribution in [3.63, 3.8) is 0 Å². The molecule has 5 rings (SSSR count). The molecule has 1 aromatic carbocycles. The minimum Gasteiger partial charge on any atom is -0.312 e. The fraction of sp³-hybridized carbons (Fsp3) is 0.500. The van der Waals surface area contributed by atoms with Crippen molar-refractivity contribution in [1.29, 1.82) is 0 Å². The lowest BCUT2D eigenvalue weighted by Gasteiger charge is -2.46. The van der Waals surface area contributed by atoms with Gasteiger partial charge in [0.25, 0.3) is 5.56 Å². The van der Waals surface area contributed by atoms with Crippen LogP contribution in [0.15, 0.2) is 47.3 Å². The van der Waals surface area contributed by atoms with Gasteiger partial charge in [-0.1, -0.05) is 30.3 Å². The molecule has 0 unspecified atom stereocenters. The van der Waals surface area contributed by atoms with E-state index in [0.29, 0.717) is 29.4 Å². The Labute approximate surface area is 165 Å². The van der Waals surface area contributed by atoms with Crippen LogP contribution in [0.2, 0.25) is 0 Å². The van der Waals surface area contributed by atoms with Crippen LogP contribution in [-0.4, -0.2) is 48.5 Å². The van der Waals surface area contributed by atoms with E-state index in [9.17, 15) is 13.2 Å². The number of aromatic nitrogens is 1. The van der Waals surface area contributed by atoms with Gasteiger partial charge in [-0.25, -0.2) is 8.42 Å². The van der Waals surface area contributed by atoms with Crippen LogP contribution in [0.4, 0.5) is 0 Å². The van der Waals surface area contributed by atoms with Gasteiger partial charge in [-0.2, -0.15) is 0 Å². The molecule has 0 N–H and O–H groups in total. The van der Waals surface area contributed by atoms with Gasteiger partial charge < -0.3 is 4.57 Å². The van der Waals surface area contributed by atoms with Crippen LogP contribution in [-0.2, 0) is 16.4 Å². The van der Waals surface area contributed by atoms with E-state index in [1.165, 1.54) is 0 Å². The number of pyridine rings is 1. The molecule has 0 radical (unpaired) electrons. The Morgan fingerprint density at radius 2 is 1.64 bits per heavy atom. The van der Waals surface area contributed by atoms with Crippen LogP contribution >= 0.6 is 0 Å². The Hall–Kier alpha value is -1.92. The fourth-order valence-corrected chi connectivity index (χ4v) is 6.80. The van der Waals surface area contributed by atoms with E-state index in [0.717, 1.165) is 55.7 Å². The average molecular weight is 399 g/mol. The van der Waals surface area contributed by atoms with Gasteiger partial charge in [0.05, 0.1) is 11.5 Å². The number of hydrogen-bond acceptors (Lipinski definition) is 4. The highest BCUT2D eigenvalue weighted by atomic mass is 32.2. The topological polar surface area (TPSA) is 59.4 Å². The summed E-state index contributed by atoms with van der Waals surface area (Å²) in [7, 11) is -2.84. The smallest absolute Gasteiger partial charge is 0.251 e. The van der Waals surface area contributed by atoms with Gasteiger partial charge in [0.2, 0.25) is 0 Å². The Bertz CT molecular complexity index is 1030. The van der Waals surface area contributed by atoms with Crippen LogP contribution in [0.5, 0.6) is 0 Å². The maximum Gasteiger partial charge on any atom is 0.251 e. The monoisotopic (exact) mass is 398 g/mol. The third-order valence-corrected chi connectivity index (χ3v) is 8.45. The molecule has 4 heterocycles. The molecule has 0 aliphatic carbocycles. The molecule has 3 aliphatic rings. The molecule has 28 heavy (non-hydrogen) atoms. The van der Waals surface area contributed by atoms with Gasteiger partial charge in [-0.3, -0.25) is 9.69 Å². The van der Waals surface area contributed by atoms with Crippen molar-refractivity contribution >= 4 is 9.84 Å². The normalized spacial score (nSPS) is 27.3. The first kappa shape index (κ1) is 18.1. The zero-order valence-electron chi connectivity index (χ0n) is 16.0. The van der Waals surface area contributed by atoms with Crippen molar-refractivity contribution in [3.05, 3.63) is 58.5 Å². The summed E-state index contributed by atoms with van der Waals surface area (Å²) < 4.78 is 25.6. The lowest BCUT2D eigenvalue weighted by Crippen LogP contribution is -2.52. The van der Waals surface area contributed by atoms with Crippen LogP contribution in [0.3, 0.4) is 0 Å². The largest absolute Gasteiger partial charge is 0.312 e. The summed E-state index contributed by atoms with van der Waals surface area (Å²) in [5.74, 6) is 1.46. The maximum absolute atomic E-state index is 12.8. The van der Waals surface area contributed by atoms with E-state index in [1.807, 2.05) is 34.9 Å². The Morgan fingerprint density at radius 3 is 2.39 bits per heavy atom. The van der Waals surface area contributed by atoms with E-state index in [2.05, 4.69) is 11.0 Å². The number of hydrogen-bond donors (Lipinski definition) is 0. The number of rotatable bonds is 2. The van der Waals surface area contributed by atoms with Gasteiger partial charge in [0.15, 0.2) is 0 Å². The van der Waals surface area contributed by atoms with Crippen LogP contribution in [0.25, 0.3) is 11.1 Å². The van der Waals surface area contributed by atoms with Gasteiger partial charge in [-0.05, 0) is 42.4 Å². The molecule has 0 saturated carbocycles. The van der Waals surface area contributed by atoms with E-state index in [4.69, 9.17) is 0 Å². The van der Waals surface area contributed by atoms with E-state index < -0.39 is 9.84 Å². The standard InChI is InChI=1S/C22H26N2O3S/c25-22-12-18(17-4-2-1-3-5-17)11-21-19-10-16(14-24(21)22)13-23(15-19)20-6-8-28(26,27)9-7-20/h1-5,11-12,16,19-20H,6-10,13-15H2/t16-,19+/m0/s1. The molecule has 2 atom stereocenters. The zero-order chi connectivity index (χ0) is 19.3. The molecule has 2 saturated heterocycles. The number of benzene rings is 1. The summed E-state index contributed by atoms with van der Waals surface area (Å²) in [4.78, 5) is 15.3. The fourth-order valence-electron chi connectivity index (χ4n) is 5.33. The maximum atomic E-state index is 12.8. The summed E-state index contributed by atoms with van der Waals surface area (Å²) in [6, 6.07) is 14.4. The van der Waals surface area contributed by atoms with Crippen LogP contribution in [0.1, 0.15) is 30.9 Å². The highest BCUT2D eigenvalue weighted by molar-refractivity contribution is 7.91. The van der Waals surface area contributed by atoms with Crippen LogP contribution in [0, 0.1) is 5.92 Å². The zero-order valence-corrected chi connectivity index (χ0v) is 16.8. The lowest BCUT2D eigenvalue weighted by molar-refractivity contribution is 0.0768. The Morgan fingerprint density at radius 1 is 0.893 bits per heavy atom. The Balaban J connectivity index is 1.44. The molecular weight excluding hydrogens is 372 g/mol. The highest BCUT2D eigenvalue weighted by Crippen LogP contribution is 2.38. The van der Waals surface area contributed by atoms with Gasteiger partial charge >= 0.3 is 0 Å². The predicted octanol–water partition coefficient (Wildman–Crippen LogP) is 2.51. The highest BCUT2D eigenvalue weighted by Gasteiger charge is 2.38. The molecule has 6 heteroatoms. The number of sulfone groups is 1. The third kappa shape index (κ3) is 3.33. The first-order valence-corrected chi connectivity index (χ1v) is 12.1. The summed E-state index contributed by atoms with van der Waals surface area (Å²) in [5.41, 5.74) is 3.32. The molecule has 3 aliphatic heterocycles. The van der Waals surface area contributed by atoms with Crippen LogP contribution < -0.4 is 5.56 Å². The minimum atomic E-state index is -2.84. The van der Waals surface area contributed by atoms with Crippen molar-refractivity contribution in [1.82, 2.24) is 9.47 Å². The van der Waals surface area contributed by atoms with E-state index in [1.54, 1.807) is 6.07 Å². The molecule has 0 spiro atoms. The van der Waals surface area contributed by atoms with Crippen molar-refractivity contribution in [2.24, 2.45) is 5.92 Å². The number of likely N-dealkylation sites (tertiary alicyclic amines) is 1. The molecule has 0 amide bonds. The summed E-state index contributed by atoms with van der Waals surface area (Å²) in [6.45, 7) is 2.69. The van der Waals surface area contributed by atoms with Crippen molar-refractivity contribution < 1.29 is 8.42 Å². The second kappa shape index (κ2) is 6.85. The number of fused-ring (bicyclic) bond motifs is 4. The SMILES string of the molecule is O=c1cc(-c2ccccc2)cc2n1C[C@H]1C[C@@H]2CN(C2CCS(=O)(=O)CC2)C1. The molecule has 148 valence electrons. The molecule has 2 aromatic rings. The van der Waals surface area contributed by atoms with E-state index >= 15 is 0 Å². The van der Waals surface area contributed by atoms with E-state index in [-0.39, 0.29) is 5.56 Å². The lowest BCUT2D eigenvalue weighted by atomic mass is 9.81. The van der Waals surface area contributed by atoms with Gasteiger partial charge in [0.1, 0.15) is 9.84 Å². The molecule has 2 fully saturated rings. The van der Waals surface area contributed by atoms with Gasteiger partial charge in [0, 0.05) is 43.4 Å². The molecule has 1 aromatic heterocycles. The summed E-state index contributed by atoms with van der Waals surface area (Å²) in [5, 5.41) is 0. The van der Waals surface area contributed by atoms with Crippen molar-refractivity contribution in [2.75, 3.05) is 24.6 Å². The van der Waals surface area contributed by atoms with Gasteiger partial charge in [-0.15, -0.1) is 0 Å². The number of nitrogens with zero attached hydrogens (tertiary/aromatic N) is 2. The second-order valence-electron chi connectivity index (χ2n) is 8.62. The first-order valence-electron chi connectivity index (χ1n) is 10.2. The Kier molecular flexibility index (Phi) is 4.43. The quantitative estimate of drug-likeness (QED) is 0.780. The average Bonchev–Trinajstić information content (AvgIpc) is 2.69.